The number of carbonyl (C=O) groups excluding carboxylic acids is 1. The minimum Gasteiger partial charge on any atom is -0.480 e. The first-order valence-corrected chi connectivity index (χ1v) is 13.1. The molecule has 0 aromatic carbocycles. The first-order valence-electron chi connectivity index (χ1n) is 13.1. The molecule has 0 amide bonds. The number of hydrogen-bond acceptors (Lipinski definition) is 14. The number of carbonyl (C=O) groups is 5. The molecule has 43 heavy (non-hydrogen) atoms. The van der Waals surface area contributed by atoms with E-state index in [9.17, 15) is 29.2 Å². The van der Waals surface area contributed by atoms with E-state index in [2.05, 4.69) is 0 Å². The SMILES string of the molecule is CC(=O)OC1CC(C)(C)N(O)C(C)(C)C1.NC(CO)(CO)CO.O=C(O)CN(CCN(CC(=O)O)CC(=O)O)CC(=O)O. The molecule has 0 aromatic rings. The second kappa shape index (κ2) is 19.3. The van der Waals surface area contributed by atoms with Gasteiger partial charge in [-0.3, -0.25) is 33.8 Å². The van der Waals surface area contributed by atoms with Crippen LogP contribution in [-0.4, -0.2) is 167 Å². The van der Waals surface area contributed by atoms with Crippen LogP contribution in [0.4, 0.5) is 0 Å². The van der Waals surface area contributed by atoms with Gasteiger partial charge in [0.1, 0.15) is 6.10 Å². The Morgan fingerprint density at radius 2 is 1.02 bits per heavy atom. The predicted molar refractivity (Wildman–Crippen MR) is 148 cm³/mol. The lowest BCUT2D eigenvalue weighted by molar-refractivity contribution is -0.259. The molecular formula is C25H48N4O14. The van der Waals surface area contributed by atoms with Crippen LogP contribution in [0.5, 0.6) is 0 Å². The number of aliphatic carboxylic acids is 4. The second-order valence-electron chi connectivity index (χ2n) is 11.4. The van der Waals surface area contributed by atoms with E-state index in [0.717, 1.165) is 9.80 Å². The molecule has 18 heteroatoms. The zero-order valence-corrected chi connectivity index (χ0v) is 25.3. The number of rotatable bonds is 15. The van der Waals surface area contributed by atoms with Gasteiger partial charge in [-0.15, -0.1) is 0 Å². The minimum atomic E-state index is -1.23. The Kier molecular flexibility index (Phi) is 19.0. The maximum atomic E-state index is 10.9. The summed E-state index contributed by atoms with van der Waals surface area (Å²) in [5.74, 6) is -5.16. The smallest absolute Gasteiger partial charge is 0.317 e. The zero-order valence-electron chi connectivity index (χ0n) is 25.3. The molecule has 0 atom stereocenters. The Hall–Kier alpha value is -2.97. The molecule has 0 aliphatic carbocycles. The van der Waals surface area contributed by atoms with Crippen LogP contribution >= 0.6 is 0 Å². The molecule has 1 saturated heterocycles. The maximum absolute atomic E-state index is 10.9. The fourth-order valence-corrected chi connectivity index (χ4v) is 4.12. The van der Waals surface area contributed by atoms with Crippen LogP contribution in [0, 0.1) is 0 Å². The molecule has 1 fully saturated rings. The van der Waals surface area contributed by atoms with Gasteiger partial charge in [0.25, 0.3) is 0 Å². The quantitative estimate of drug-likeness (QED) is 0.0850. The van der Waals surface area contributed by atoms with E-state index in [-0.39, 0.29) is 36.2 Å². The summed E-state index contributed by atoms with van der Waals surface area (Å²) in [4.78, 5) is 55.3. The van der Waals surface area contributed by atoms with Crippen molar-refractivity contribution in [3.8, 4) is 0 Å². The Balaban J connectivity index is 0. The lowest BCUT2D eigenvalue weighted by Gasteiger charge is -2.50. The highest BCUT2D eigenvalue weighted by Gasteiger charge is 2.46. The summed E-state index contributed by atoms with van der Waals surface area (Å²) < 4.78 is 5.23. The van der Waals surface area contributed by atoms with Gasteiger partial charge in [0.15, 0.2) is 0 Å². The fourth-order valence-electron chi connectivity index (χ4n) is 4.12. The Morgan fingerprint density at radius 3 is 1.21 bits per heavy atom. The third-order valence-corrected chi connectivity index (χ3v) is 6.05. The number of piperidine rings is 1. The van der Waals surface area contributed by atoms with Crippen LogP contribution in [0.2, 0.25) is 0 Å². The van der Waals surface area contributed by atoms with Gasteiger partial charge in [-0.05, 0) is 27.7 Å². The zero-order chi connectivity index (χ0) is 34.2. The van der Waals surface area contributed by atoms with Gasteiger partial charge < -0.3 is 51.4 Å². The number of hydrogen-bond donors (Lipinski definition) is 9. The molecule has 18 nitrogen and oxygen atoms in total. The summed E-state index contributed by atoms with van der Waals surface area (Å²) in [5.41, 5.74) is 3.22. The van der Waals surface area contributed by atoms with Crippen molar-refractivity contribution in [1.82, 2.24) is 14.9 Å². The number of nitrogens with two attached hydrogens (primary N) is 1. The number of ether oxygens (including phenoxy) is 1. The third-order valence-electron chi connectivity index (χ3n) is 6.05. The van der Waals surface area contributed by atoms with Crippen molar-refractivity contribution in [3.63, 3.8) is 0 Å². The number of hydroxylamine groups is 2. The van der Waals surface area contributed by atoms with Gasteiger partial charge in [-0.2, -0.15) is 5.06 Å². The molecule has 0 radical (unpaired) electrons. The van der Waals surface area contributed by atoms with Crippen molar-refractivity contribution in [3.05, 3.63) is 0 Å². The molecule has 0 aromatic heterocycles. The summed E-state index contributed by atoms with van der Waals surface area (Å²) in [5, 5.41) is 70.9. The minimum absolute atomic E-state index is 0.0703. The van der Waals surface area contributed by atoms with Crippen LogP contribution in [-0.2, 0) is 28.7 Å². The second-order valence-corrected chi connectivity index (χ2v) is 11.4. The Labute approximate surface area is 249 Å². The first kappa shape index (κ1) is 42.2. The van der Waals surface area contributed by atoms with Crippen molar-refractivity contribution in [2.45, 2.75) is 70.2 Å². The van der Waals surface area contributed by atoms with Crippen LogP contribution in [0.3, 0.4) is 0 Å². The van der Waals surface area contributed by atoms with Crippen molar-refractivity contribution in [1.29, 1.82) is 0 Å². The molecular weight excluding hydrogens is 580 g/mol. The highest BCUT2D eigenvalue weighted by Crippen LogP contribution is 2.37. The monoisotopic (exact) mass is 628 g/mol. The molecule has 252 valence electrons. The lowest BCUT2D eigenvalue weighted by atomic mass is 9.80. The van der Waals surface area contributed by atoms with Gasteiger partial charge in [-0.25, -0.2) is 0 Å². The van der Waals surface area contributed by atoms with Gasteiger partial charge >= 0.3 is 29.8 Å². The average molecular weight is 629 g/mol. The number of carboxylic acid groups (broad SMARTS) is 4. The van der Waals surface area contributed by atoms with E-state index >= 15 is 0 Å². The van der Waals surface area contributed by atoms with Gasteiger partial charge in [-0.1, -0.05) is 0 Å². The third kappa shape index (κ3) is 19.0. The largest absolute Gasteiger partial charge is 0.480 e. The normalized spacial score (nSPS) is 16.4. The van der Waals surface area contributed by atoms with Gasteiger partial charge in [0.2, 0.25) is 0 Å². The first-order chi connectivity index (χ1) is 19.5. The molecule has 0 spiro atoms. The van der Waals surface area contributed by atoms with Crippen molar-refractivity contribution >= 4 is 29.8 Å². The van der Waals surface area contributed by atoms with Crippen LogP contribution < -0.4 is 5.73 Å². The topological polar surface area (TPSA) is 292 Å². The van der Waals surface area contributed by atoms with Gasteiger partial charge in [0, 0.05) is 43.9 Å². The maximum Gasteiger partial charge on any atom is 0.317 e. The van der Waals surface area contributed by atoms with Crippen molar-refractivity contribution in [2.75, 3.05) is 59.1 Å². The number of aliphatic hydroxyl groups is 3. The molecule has 1 aliphatic heterocycles. The summed E-state index contributed by atoms with van der Waals surface area (Å²) in [6, 6.07) is 0. The number of esters is 1. The molecule has 1 heterocycles. The summed E-state index contributed by atoms with van der Waals surface area (Å²) in [6.45, 7) is 5.76. The molecule has 0 bridgehead atoms. The van der Waals surface area contributed by atoms with E-state index in [1.807, 2.05) is 27.7 Å². The van der Waals surface area contributed by atoms with Crippen LogP contribution in [0.1, 0.15) is 47.5 Å². The number of nitrogens with zero attached hydrogens (tertiary/aromatic N) is 3. The van der Waals surface area contributed by atoms with E-state index in [0.29, 0.717) is 12.8 Å². The highest BCUT2D eigenvalue weighted by atomic mass is 16.5. The van der Waals surface area contributed by atoms with E-state index in [1.54, 1.807) is 0 Å². The molecule has 1 aliphatic rings. The predicted octanol–water partition coefficient (Wildman–Crippen LogP) is -2.45. The average Bonchev–Trinajstić information content (AvgIpc) is 2.84. The van der Waals surface area contributed by atoms with Crippen LogP contribution in [0.25, 0.3) is 0 Å². The van der Waals surface area contributed by atoms with Crippen LogP contribution in [0.15, 0.2) is 0 Å². The fraction of sp³-hybridized carbons (Fsp3) is 0.800. The van der Waals surface area contributed by atoms with Crippen molar-refractivity contribution in [2.24, 2.45) is 5.73 Å². The standard InChI is InChI=1S/C11H21NO3.C10H16N2O8.C4H11NO3/c1-8(13)15-9-6-10(2,3)12(14)11(4,5)7-9;13-7(14)3-11(4-8(15)16)1-2-12(5-9(17)18)6-10(19)20;5-4(1-6,2-7)3-8/h9,14H,6-7H2,1-5H3;1-6H2,(H,13,14)(H,15,16)(H,17,18)(H,19,20);6-8H,1-3,5H2. The Morgan fingerprint density at radius 1 is 0.744 bits per heavy atom. The number of aliphatic hydroxyl groups excluding tert-OH is 3. The molecule has 0 saturated carbocycles. The Bertz CT molecular complexity index is 816. The molecule has 0 unspecified atom stereocenters. The molecule has 1 rings (SSSR count). The highest BCUT2D eigenvalue weighted by molar-refractivity contribution is 5.73. The summed E-state index contributed by atoms with van der Waals surface area (Å²) >= 11 is 0. The van der Waals surface area contributed by atoms with E-state index < -0.39 is 75.4 Å². The van der Waals surface area contributed by atoms with E-state index in [4.69, 9.17) is 46.2 Å². The van der Waals surface area contributed by atoms with Gasteiger partial charge in [0.05, 0.1) is 51.5 Å². The summed E-state index contributed by atoms with van der Waals surface area (Å²) in [6.07, 6.45) is 1.22. The van der Waals surface area contributed by atoms with E-state index in [1.165, 1.54) is 12.0 Å². The summed E-state index contributed by atoms with van der Waals surface area (Å²) in [7, 11) is 0. The number of carboxylic acids is 4. The van der Waals surface area contributed by atoms with Crippen molar-refractivity contribution < 1.29 is 69.7 Å². The lowest BCUT2D eigenvalue weighted by Crippen LogP contribution is -2.60. The molecule has 10 N–H and O–H groups in total.